The minimum Gasteiger partial charge on any atom is -0.475 e. The molecule has 0 bridgehead atoms. The number of methoxy groups -OCH3 is 1. The first kappa shape index (κ1) is 16.6. The van der Waals surface area contributed by atoms with E-state index in [4.69, 9.17) is 9.47 Å². The first-order valence-corrected chi connectivity index (χ1v) is 8.91. The number of nitrogens with one attached hydrogen (secondary N) is 1. The van der Waals surface area contributed by atoms with Crippen LogP contribution < -0.4 is 10.1 Å². The van der Waals surface area contributed by atoms with Crippen LogP contribution in [0.4, 0.5) is 5.69 Å². The fraction of sp³-hybridized carbons (Fsp3) is 0.188. The number of amides is 1. The number of thiophene rings is 1. The largest absolute Gasteiger partial charge is 0.475 e. The lowest BCUT2D eigenvalue weighted by Crippen LogP contribution is -2.12. The third kappa shape index (κ3) is 4.16. The molecule has 3 heterocycles. The molecule has 3 aromatic heterocycles. The van der Waals surface area contributed by atoms with E-state index < -0.39 is 0 Å². The number of anilines is 1. The molecule has 124 valence electrons. The summed E-state index contributed by atoms with van der Waals surface area (Å²) in [6.07, 6.45) is 1.55. The lowest BCUT2D eigenvalue weighted by molar-refractivity contribution is 0.102. The number of hydrogen-bond acceptors (Lipinski definition) is 7. The molecular formula is C16H15N3O3S2. The Morgan fingerprint density at radius 2 is 2.17 bits per heavy atom. The van der Waals surface area contributed by atoms with Crippen molar-refractivity contribution in [2.24, 2.45) is 0 Å². The molecule has 6 nitrogen and oxygen atoms in total. The summed E-state index contributed by atoms with van der Waals surface area (Å²) >= 11 is 3.05. The van der Waals surface area contributed by atoms with Gasteiger partial charge in [-0.3, -0.25) is 4.79 Å². The molecular weight excluding hydrogens is 346 g/mol. The van der Waals surface area contributed by atoms with E-state index in [9.17, 15) is 4.79 Å². The number of pyridine rings is 1. The molecule has 0 fully saturated rings. The summed E-state index contributed by atoms with van der Waals surface area (Å²) in [5, 5.41) is 7.35. The zero-order valence-electron chi connectivity index (χ0n) is 12.9. The van der Waals surface area contributed by atoms with E-state index in [1.54, 1.807) is 42.2 Å². The molecule has 0 spiro atoms. The smallest absolute Gasteiger partial charge is 0.275 e. The number of nitrogens with zero attached hydrogens (tertiary/aromatic N) is 2. The van der Waals surface area contributed by atoms with Crippen LogP contribution in [0.25, 0.3) is 9.88 Å². The number of hydrogen-bond donors (Lipinski definition) is 1. The van der Waals surface area contributed by atoms with E-state index in [1.807, 2.05) is 17.5 Å². The van der Waals surface area contributed by atoms with Crippen LogP contribution in [0.5, 0.6) is 5.88 Å². The van der Waals surface area contributed by atoms with Gasteiger partial charge in [-0.05, 0) is 17.5 Å². The van der Waals surface area contributed by atoms with Crippen molar-refractivity contribution in [2.45, 2.75) is 0 Å². The quantitative estimate of drug-likeness (QED) is 0.652. The molecule has 0 unspecified atom stereocenters. The van der Waals surface area contributed by atoms with E-state index in [2.05, 4.69) is 15.3 Å². The summed E-state index contributed by atoms with van der Waals surface area (Å²) in [7, 11) is 1.61. The van der Waals surface area contributed by atoms with Crippen molar-refractivity contribution in [1.82, 2.24) is 9.97 Å². The van der Waals surface area contributed by atoms with Crippen LogP contribution in [0.15, 0.2) is 41.2 Å². The van der Waals surface area contributed by atoms with Crippen LogP contribution in [0, 0.1) is 0 Å². The Morgan fingerprint density at radius 1 is 1.25 bits per heavy atom. The van der Waals surface area contributed by atoms with E-state index >= 15 is 0 Å². The summed E-state index contributed by atoms with van der Waals surface area (Å²) in [4.78, 5) is 21.8. The van der Waals surface area contributed by atoms with Gasteiger partial charge in [0.2, 0.25) is 5.88 Å². The zero-order chi connectivity index (χ0) is 16.8. The normalized spacial score (nSPS) is 10.5. The van der Waals surface area contributed by atoms with Crippen molar-refractivity contribution in [3.05, 3.63) is 46.9 Å². The van der Waals surface area contributed by atoms with Crippen LogP contribution in [-0.4, -0.2) is 36.2 Å². The highest BCUT2D eigenvalue weighted by Gasteiger charge is 2.13. The van der Waals surface area contributed by atoms with Gasteiger partial charge in [-0.25, -0.2) is 9.97 Å². The predicted octanol–water partition coefficient (Wildman–Crippen LogP) is 3.54. The van der Waals surface area contributed by atoms with Crippen molar-refractivity contribution in [3.63, 3.8) is 0 Å². The van der Waals surface area contributed by atoms with E-state index in [-0.39, 0.29) is 5.91 Å². The average Bonchev–Trinajstić information content (AvgIpc) is 3.28. The highest BCUT2D eigenvalue weighted by atomic mass is 32.1. The van der Waals surface area contributed by atoms with Crippen LogP contribution in [0.1, 0.15) is 10.5 Å². The van der Waals surface area contributed by atoms with Crippen LogP contribution in [0.2, 0.25) is 0 Å². The maximum Gasteiger partial charge on any atom is 0.275 e. The second kappa shape index (κ2) is 8.00. The van der Waals surface area contributed by atoms with Crippen molar-refractivity contribution in [1.29, 1.82) is 0 Å². The third-order valence-corrected chi connectivity index (χ3v) is 4.88. The van der Waals surface area contributed by atoms with Crippen molar-refractivity contribution in [3.8, 4) is 15.8 Å². The lowest BCUT2D eigenvalue weighted by Gasteiger charge is -2.06. The molecule has 0 saturated carbocycles. The average molecular weight is 361 g/mol. The molecule has 0 atom stereocenters. The molecule has 24 heavy (non-hydrogen) atoms. The van der Waals surface area contributed by atoms with E-state index in [0.717, 1.165) is 9.88 Å². The second-order valence-electron chi connectivity index (χ2n) is 4.70. The van der Waals surface area contributed by atoms with Gasteiger partial charge in [0.15, 0.2) is 0 Å². The number of carbonyl (C=O) groups excluding carboxylic acids is 1. The van der Waals surface area contributed by atoms with Gasteiger partial charge in [0.05, 0.1) is 23.4 Å². The summed E-state index contributed by atoms with van der Waals surface area (Å²) in [6.45, 7) is 0.927. The maximum atomic E-state index is 12.3. The maximum absolute atomic E-state index is 12.3. The molecule has 0 aliphatic rings. The summed E-state index contributed by atoms with van der Waals surface area (Å²) < 4.78 is 10.3. The van der Waals surface area contributed by atoms with Crippen molar-refractivity contribution < 1.29 is 14.3 Å². The lowest BCUT2D eigenvalue weighted by atomic mass is 10.3. The molecule has 0 saturated heterocycles. The standard InChI is InChI=1S/C16H15N3O3S2/c1-21-6-7-22-14-5-4-11(9-17-14)18-15(20)12-10-24-16(19-12)13-3-2-8-23-13/h2-5,8-10H,6-7H2,1H3,(H,18,20). The highest BCUT2D eigenvalue weighted by molar-refractivity contribution is 7.20. The van der Waals surface area contributed by atoms with Crippen LogP contribution >= 0.6 is 22.7 Å². The topological polar surface area (TPSA) is 73.3 Å². The molecule has 1 N–H and O–H groups in total. The summed E-state index contributed by atoms with van der Waals surface area (Å²) in [5.74, 6) is 0.225. The SMILES string of the molecule is COCCOc1ccc(NC(=O)c2csc(-c3cccs3)n2)cn1. The zero-order valence-corrected chi connectivity index (χ0v) is 14.5. The first-order valence-electron chi connectivity index (χ1n) is 7.15. The fourth-order valence-corrected chi connectivity index (χ4v) is 3.47. The molecule has 3 aromatic rings. The number of aromatic nitrogens is 2. The molecule has 8 heteroatoms. The van der Waals surface area contributed by atoms with E-state index in [1.165, 1.54) is 11.3 Å². The number of thiazole rings is 1. The molecule has 0 aromatic carbocycles. The number of ether oxygens (including phenoxy) is 2. The number of carbonyl (C=O) groups is 1. The van der Waals surface area contributed by atoms with Gasteiger partial charge in [-0.2, -0.15) is 0 Å². The van der Waals surface area contributed by atoms with Crippen molar-refractivity contribution >= 4 is 34.3 Å². The summed E-state index contributed by atoms with van der Waals surface area (Å²) in [5.41, 5.74) is 0.980. The Hall–Kier alpha value is -2.29. The van der Waals surface area contributed by atoms with E-state index in [0.29, 0.717) is 30.5 Å². The second-order valence-corrected chi connectivity index (χ2v) is 6.50. The Bertz CT molecular complexity index is 785. The van der Waals surface area contributed by atoms with Gasteiger partial charge in [-0.1, -0.05) is 6.07 Å². The molecule has 1 amide bonds. The van der Waals surface area contributed by atoms with Gasteiger partial charge in [0.25, 0.3) is 5.91 Å². The van der Waals surface area contributed by atoms with Crippen LogP contribution in [0.3, 0.4) is 0 Å². The third-order valence-electron chi connectivity index (χ3n) is 3.00. The Morgan fingerprint density at radius 3 is 2.88 bits per heavy atom. The van der Waals surface area contributed by atoms with Gasteiger partial charge in [0, 0.05) is 18.6 Å². The minimum absolute atomic E-state index is 0.260. The van der Waals surface area contributed by atoms with Crippen LogP contribution in [-0.2, 0) is 4.74 Å². The van der Waals surface area contributed by atoms with Gasteiger partial charge < -0.3 is 14.8 Å². The van der Waals surface area contributed by atoms with Gasteiger partial charge in [0.1, 0.15) is 17.3 Å². The Kier molecular flexibility index (Phi) is 5.52. The van der Waals surface area contributed by atoms with Crippen molar-refractivity contribution in [2.75, 3.05) is 25.6 Å². The monoisotopic (exact) mass is 361 g/mol. The molecule has 0 aliphatic carbocycles. The van der Waals surface area contributed by atoms with Gasteiger partial charge in [-0.15, -0.1) is 22.7 Å². The molecule has 0 radical (unpaired) electrons. The Balaban J connectivity index is 1.60. The molecule has 0 aliphatic heterocycles. The number of rotatable bonds is 7. The summed E-state index contributed by atoms with van der Waals surface area (Å²) in [6, 6.07) is 7.38. The fourth-order valence-electron chi connectivity index (χ4n) is 1.86. The van der Waals surface area contributed by atoms with Gasteiger partial charge >= 0.3 is 0 Å². The minimum atomic E-state index is -0.260. The Labute approximate surface area is 147 Å². The predicted molar refractivity (Wildman–Crippen MR) is 95.0 cm³/mol. The molecule has 3 rings (SSSR count). The highest BCUT2D eigenvalue weighted by Crippen LogP contribution is 2.28. The first-order chi connectivity index (χ1) is 11.8.